The van der Waals surface area contributed by atoms with Gasteiger partial charge in [-0.15, -0.1) is 0 Å². The Balaban J connectivity index is 2.21. The lowest BCUT2D eigenvalue weighted by atomic mass is 9.85. The van der Waals surface area contributed by atoms with E-state index in [1.165, 1.54) is 0 Å². The summed E-state index contributed by atoms with van der Waals surface area (Å²) < 4.78 is 0. The smallest absolute Gasteiger partial charge is 0.326 e. The summed E-state index contributed by atoms with van der Waals surface area (Å²) in [5, 5.41) is 9.20. The van der Waals surface area contributed by atoms with Gasteiger partial charge in [0.15, 0.2) is 0 Å². The van der Waals surface area contributed by atoms with Crippen molar-refractivity contribution in [1.82, 2.24) is 4.90 Å². The van der Waals surface area contributed by atoms with Crippen molar-refractivity contribution in [2.75, 3.05) is 0 Å². The topological polar surface area (TPSA) is 118 Å². The fraction of sp³-hybridized carbons (Fsp3) is 0.538. The molecule has 0 spiro atoms. The number of fused-ring (bicyclic) bond motifs is 1. The molecule has 1 saturated heterocycles. The van der Waals surface area contributed by atoms with Crippen LogP contribution in [0.15, 0.2) is 12.2 Å². The Morgan fingerprint density at radius 3 is 2.15 bits per heavy atom. The largest absolute Gasteiger partial charge is 0.480 e. The highest BCUT2D eigenvalue weighted by Crippen LogP contribution is 2.36. The van der Waals surface area contributed by atoms with Crippen LogP contribution in [0.4, 0.5) is 0 Å². The lowest BCUT2D eigenvalue weighted by Gasteiger charge is -2.22. The van der Waals surface area contributed by atoms with Gasteiger partial charge in [-0.2, -0.15) is 0 Å². The fourth-order valence-electron chi connectivity index (χ4n) is 2.78. The zero-order valence-corrected chi connectivity index (χ0v) is 10.8. The van der Waals surface area contributed by atoms with Gasteiger partial charge in [-0.05, 0) is 19.3 Å². The van der Waals surface area contributed by atoms with Crippen LogP contribution >= 0.6 is 0 Å². The maximum atomic E-state index is 12.2. The van der Waals surface area contributed by atoms with Crippen LogP contribution in [-0.2, 0) is 19.2 Å². The first kappa shape index (κ1) is 14.2. The van der Waals surface area contributed by atoms with Crippen LogP contribution in [0.5, 0.6) is 0 Å². The number of imide groups is 1. The summed E-state index contributed by atoms with van der Waals surface area (Å²) in [5.41, 5.74) is 5.00. The van der Waals surface area contributed by atoms with Crippen molar-refractivity contribution in [1.29, 1.82) is 0 Å². The Labute approximate surface area is 115 Å². The Bertz CT molecular complexity index is 473. The Hall–Kier alpha value is -2.18. The molecule has 0 aromatic carbocycles. The summed E-state index contributed by atoms with van der Waals surface area (Å²) in [7, 11) is 0. The van der Waals surface area contributed by atoms with Crippen molar-refractivity contribution in [3.8, 4) is 0 Å². The SMILES string of the molecule is NC(=O)CCC(C(=O)O)N1C(=O)[C@H]2CC=CC[C@H]2C1=O. The van der Waals surface area contributed by atoms with E-state index >= 15 is 0 Å². The number of likely N-dealkylation sites (tertiary alicyclic amines) is 1. The molecule has 2 rings (SSSR count). The number of primary amides is 1. The number of carbonyl (C=O) groups excluding carboxylic acids is 3. The number of amides is 3. The van der Waals surface area contributed by atoms with E-state index in [0.29, 0.717) is 12.8 Å². The number of carboxylic acids is 1. The molecule has 1 aliphatic carbocycles. The first-order chi connectivity index (χ1) is 9.43. The summed E-state index contributed by atoms with van der Waals surface area (Å²) >= 11 is 0. The van der Waals surface area contributed by atoms with Crippen LogP contribution in [0.1, 0.15) is 25.7 Å². The molecule has 7 nitrogen and oxygen atoms in total. The van der Waals surface area contributed by atoms with E-state index in [9.17, 15) is 24.3 Å². The minimum absolute atomic E-state index is 0.144. The van der Waals surface area contributed by atoms with E-state index in [0.717, 1.165) is 4.90 Å². The maximum absolute atomic E-state index is 12.2. The number of aliphatic carboxylic acids is 1. The van der Waals surface area contributed by atoms with E-state index in [-0.39, 0.29) is 12.8 Å². The van der Waals surface area contributed by atoms with Gasteiger partial charge >= 0.3 is 5.97 Å². The molecule has 0 aromatic rings. The van der Waals surface area contributed by atoms with Gasteiger partial charge in [0.1, 0.15) is 6.04 Å². The van der Waals surface area contributed by atoms with E-state index in [2.05, 4.69) is 0 Å². The van der Waals surface area contributed by atoms with Gasteiger partial charge in [0, 0.05) is 6.42 Å². The quantitative estimate of drug-likeness (QED) is 0.527. The van der Waals surface area contributed by atoms with E-state index in [1.807, 2.05) is 12.2 Å². The second kappa shape index (κ2) is 5.44. The predicted octanol–water partition coefficient (Wildman–Crippen LogP) is -0.344. The number of nitrogens with two attached hydrogens (primary N) is 1. The molecule has 1 unspecified atom stereocenters. The summed E-state index contributed by atoms with van der Waals surface area (Å²) in [5.74, 6) is -3.80. The molecule has 3 atom stereocenters. The molecule has 1 fully saturated rings. The molecule has 7 heteroatoms. The molecule has 0 bridgehead atoms. The molecule has 3 N–H and O–H groups in total. The van der Waals surface area contributed by atoms with Crippen molar-refractivity contribution >= 4 is 23.7 Å². The fourth-order valence-corrected chi connectivity index (χ4v) is 2.78. The van der Waals surface area contributed by atoms with Crippen LogP contribution < -0.4 is 5.73 Å². The lowest BCUT2D eigenvalue weighted by Crippen LogP contribution is -2.46. The van der Waals surface area contributed by atoms with Gasteiger partial charge in [0.25, 0.3) is 0 Å². The minimum Gasteiger partial charge on any atom is -0.480 e. The average Bonchev–Trinajstić information content (AvgIpc) is 2.64. The molecule has 1 heterocycles. The summed E-state index contributed by atoms with van der Waals surface area (Å²) in [6.07, 6.45) is 4.24. The van der Waals surface area contributed by atoms with Crippen molar-refractivity contribution in [3.05, 3.63) is 12.2 Å². The normalized spacial score (nSPS) is 26.5. The van der Waals surface area contributed by atoms with E-state index in [4.69, 9.17) is 5.73 Å². The molecule has 0 aromatic heterocycles. The van der Waals surface area contributed by atoms with Gasteiger partial charge in [-0.25, -0.2) is 4.79 Å². The molecule has 20 heavy (non-hydrogen) atoms. The minimum atomic E-state index is -1.31. The average molecular weight is 280 g/mol. The van der Waals surface area contributed by atoms with Crippen LogP contribution in [0.3, 0.4) is 0 Å². The number of rotatable bonds is 5. The number of nitrogens with zero attached hydrogens (tertiary/aromatic N) is 1. The maximum Gasteiger partial charge on any atom is 0.326 e. The molecule has 0 saturated carbocycles. The summed E-state index contributed by atoms with van der Waals surface area (Å²) in [6, 6.07) is -1.31. The van der Waals surface area contributed by atoms with Gasteiger partial charge < -0.3 is 10.8 Å². The third-order valence-electron chi connectivity index (χ3n) is 3.80. The number of carbonyl (C=O) groups is 4. The van der Waals surface area contributed by atoms with Crippen molar-refractivity contribution < 1.29 is 24.3 Å². The first-order valence-electron chi connectivity index (χ1n) is 6.46. The van der Waals surface area contributed by atoms with Crippen LogP contribution in [0, 0.1) is 11.8 Å². The van der Waals surface area contributed by atoms with Crippen molar-refractivity contribution in [2.45, 2.75) is 31.7 Å². The van der Waals surface area contributed by atoms with Gasteiger partial charge in [-0.3, -0.25) is 19.3 Å². The van der Waals surface area contributed by atoms with Crippen molar-refractivity contribution in [3.63, 3.8) is 0 Å². The Morgan fingerprint density at radius 2 is 1.75 bits per heavy atom. The van der Waals surface area contributed by atoms with Gasteiger partial charge in [0.05, 0.1) is 11.8 Å². The molecule has 0 radical (unpaired) electrons. The first-order valence-corrected chi connectivity index (χ1v) is 6.46. The number of hydrogen-bond acceptors (Lipinski definition) is 4. The monoisotopic (exact) mass is 280 g/mol. The number of carboxylic acid groups (broad SMARTS) is 1. The third kappa shape index (κ3) is 2.43. The highest BCUT2D eigenvalue weighted by molar-refractivity contribution is 6.08. The van der Waals surface area contributed by atoms with E-state index < -0.39 is 41.6 Å². The molecular weight excluding hydrogens is 264 g/mol. The Morgan fingerprint density at radius 1 is 1.25 bits per heavy atom. The second-order valence-electron chi connectivity index (χ2n) is 5.06. The number of hydrogen-bond donors (Lipinski definition) is 2. The molecule has 3 amide bonds. The molecule has 108 valence electrons. The number of allylic oxidation sites excluding steroid dienone is 2. The van der Waals surface area contributed by atoms with Gasteiger partial charge in [-0.1, -0.05) is 12.2 Å². The van der Waals surface area contributed by atoms with E-state index in [1.54, 1.807) is 0 Å². The third-order valence-corrected chi connectivity index (χ3v) is 3.80. The van der Waals surface area contributed by atoms with Crippen LogP contribution in [0.25, 0.3) is 0 Å². The molecule has 1 aliphatic heterocycles. The lowest BCUT2D eigenvalue weighted by molar-refractivity contribution is -0.155. The highest BCUT2D eigenvalue weighted by atomic mass is 16.4. The zero-order chi connectivity index (χ0) is 14.9. The van der Waals surface area contributed by atoms with Crippen LogP contribution in [-0.4, -0.2) is 39.7 Å². The second-order valence-corrected chi connectivity index (χ2v) is 5.06. The highest BCUT2D eigenvalue weighted by Gasteiger charge is 2.51. The summed E-state index contributed by atoms with van der Waals surface area (Å²) in [4.78, 5) is 47.3. The van der Waals surface area contributed by atoms with Crippen LogP contribution in [0.2, 0.25) is 0 Å². The standard InChI is InChI=1S/C13H16N2O5/c14-10(16)6-5-9(13(19)20)15-11(17)7-3-1-2-4-8(7)12(15)18/h1-2,7-9H,3-6H2,(H2,14,16)(H,19,20)/t7-,8+,9?. The molecule has 2 aliphatic rings. The summed E-state index contributed by atoms with van der Waals surface area (Å²) in [6.45, 7) is 0. The molecular formula is C13H16N2O5. The van der Waals surface area contributed by atoms with Crippen molar-refractivity contribution in [2.24, 2.45) is 17.6 Å². The van der Waals surface area contributed by atoms with Gasteiger partial charge in [0.2, 0.25) is 17.7 Å². The Kier molecular flexibility index (Phi) is 3.87. The zero-order valence-electron chi connectivity index (χ0n) is 10.8. The predicted molar refractivity (Wildman–Crippen MR) is 67.1 cm³/mol.